The van der Waals surface area contributed by atoms with Crippen LogP contribution >= 0.6 is 0 Å². The van der Waals surface area contributed by atoms with E-state index in [-0.39, 0.29) is 4.90 Å². The van der Waals surface area contributed by atoms with Crippen molar-refractivity contribution in [2.24, 2.45) is 0 Å². The van der Waals surface area contributed by atoms with Crippen molar-refractivity contribution in [2.75, 3.05) is 5.32 Å². The van der Waals surface area contributed by atoms with Crippen LogP contribution in [0.15, 0.2) is 77.8 Å². The van der Waals surface area contributed by atoms with Crippen molar-refractivity contribution < 1.29 is 13.2 Å². The van der Waals surface area contributed by atoms with Crippen molar-refractivity contribution in [3.63, 3.8) is 0 Å². The van der Waals surface area contributed by atoms with E-state index in [1.165, 1.54) is 18.3 Å². The van der Waals surface area contributed by atoms with E-state index in [1.54, 1.807) is 24.3 Å². The molecule has 6 nitrogen and oxygen atoms in total. The molecule has 0 aliphatic heterocycles. The van der Waals surface area contributed by atoms with Crippen LogP contribution in [-0.2, 0) is 10.0 Å². The van der Waals surface area contributed by atoms with Gasteiger partial charge in [0, 0.05) is 5.56 Å². The quantitative estimate of drug-likeness (QED) is 0.738. The molecule has 0 radical (unpaired) electrons. The van der Waals surface area contributed by atoms with Gasteiger partial charge in [-0.1, -0.05) is 48.0 Å². The van der Waals surface area contributed by atoms with Gasteiger partial charge in [0.2, 0.25) is 0 Å². The number of pyridine rings is 1. The van der Waals surface area contributed by atoms with Crippen LogP contribution in [0.3, 0.4) is 0 Å². The van der Waals surface area contributed by atoms with Crippen molar-refractivity contribution in [1.29, 1.82) is 0 Å². The Labute approximate surface area is 152 Å². The number of amides is 2. The van der Waals surface area contributed by atoms with Gasteiger partial charge in [0.05, 0.1) is 22.5 Å². The molecule has 0 atom stereocenters. The van der Waals surface area contributed by atoms with Gasteiger partial charge in [-0.25, -0.2) is 17.9 Å². The number of hydrogen-bond acceptors (Lipinski definition) is 4. The second-order valence-electron chi connectivity index (χ2n) is 5.67. The van der Waals surface area contributed by atoms with Crippen LogP contribution < -0.4 is 10.0 Å². The molecule has 1 heterocycles. The van der Waals surface area contributed by atoms with Crippen LogP contribution in [0.25, 0.3) is 11.3 Å². The van der Waals surface area contributed by atoms with Crippen LogP contribution in [0, 0.1) is 6.92 Å². The van der Waals surface area contributed by atoms with E-state index in [0.29, 0.717) is 5.69 Å². The maximum absolute atomic E-state index is 12.2. The molecule has 0 aliphatic rings. The van der Waals surface area contributed by atoms with Gasteiger partial charge in [-0.3, -0.25) is 4.98 Å². The molecule has 0 spiro atoms. The highest BCUT2D eigenvalue weighted by Gasteiger charge is 2.17. The lowest BCUT2D eigenvalue weighted by Crippen LogP contribution is -2.34. The number of nitrogens with one attached hydrogen (secondary N) is 2. The van der Waals surface area contributed by atoms with Gasteiger partial charge in [0.1, 0.15) is 0 Å². The summed E-state index contributed by atoms with van der Waals surface area (Å²) < 4.78 is 26.4. The highest BCUT2D eigenvalue weighted by atomic mass is 32.2. The number of anilines is 1. The Balaban J connectivity index is 1.67. The molecule has 0 saturated heterocycles. The smallest absolute Gasteiger partial charge is 0.306 e. The van der Waals surface area contributed by atoms with Crippen molar-refractivity contribution in [3.8, 4) is 11.3 Å². The van der Waals surface area contributed by atoms with Gasteiger partial charge >= 0.3 is 6.03 Å². The average molecular weight is 367 g/mol. The first kappa shape index (κ1) is 17.6. The van der Waals surface area contributed by atoms with Crippen LogP contribution in [0.2, 0.25) is 0 Å². The lowest BCUT2D eigenvalue weighted by Gasteiger charge is -2.09. The molecular formula is C19H17N3O3S. The minimum atomic E-state index is -3.93. The fourth-order valence-corrected chi connectivity index (χ4v) is 3.21. The van der Waals surface area contributed by atoms with Gasteiger partial charge < -0.3 is 5.32 Å². The fourth-order valence-electron chi connectivity index (χ4n) is 2.30. The zero-order chi connectivity index (χ0) is 18.6. The van der Waals surface area contributed by atoms with Crippen molar-refractivity contribution in [2.45, 2.75) is 11.8 Å². The highest BCUT2D eigenvalue weighted by molar-refractivity contribution is 7.90. The highest BCUT2D eigenvalue weighted by Crippen LogP contribution is 2.18. The molecule has 0 saturated carbocycles. The summed E-state index contributed by atoms with van der Waals surface area (Å²) in [4.78, 5) is 16.3. The molecule has 132 valence electrons. The predicted molar refractivity (Wildman–Crippen MR) is 100 cm³/mol. The summed E-state index contributed by atoms with van der Waals surface area (Å²) in [6.45, 7) is 1.85. The Kier molecular flexibility index (Phi) is 4.99. The van der Waals surface area contributed by atoms with Gasteiger partial charge in [-0.2, -0.15) is 0 Å². The summed E-state index contributed by atoms with van der Waals surface area (Å²) in [5.41, 5.74) is 3.02. The number of benzene rings is 2. The van der Waals surface area contributed by atoms with Crippen LogP contribution in [-0.4, -0.2) is 19.4 Å². The molecule has 0 aliphatic carbocycles. The maximum Gasteiger partial charge on any atom is 0.333 e. The third kappa shape index (κ3) is 4.25. The van der Waals surface area contributed by atoms with Crippen LogP contribution in [0.1, 0.15) is 5.56 Å². The number of aromatic nitrogens is 1. The van der Waals surface area contributed by atoms with E-state index in [9.17, 15) is 13.2 Å². The molecule has 0 bridgehead atoms. The molecule has 2 aromatic carbocycles. The number of carbonyl (C=O) groups excluding carboxylic acids is 1. The number of hydrogen-bond donors (Lipinski definition) is 2. The zero-order valence-electron chi connectivity index (χ0n) is 14.0. The van der Waals surface area contributed by atoms with Crippen LogP contribution in [0.5, 0.6) is 0 Å². The Morgan fingerprint density at radius 1 is 0.923 bits per heavy atom. The van der Waals surface area contributed by atoms with Gasteiger partial charge in [-0.05, 0) is 31.2 Å². The largest absolute Gasteiger partial charge is 0.333 e. The molecule has 0 fully saturated rings. The first-order valence-electron chi connectivity index (χ1n) is 7.86. The Bertz CT molecular complexity index is 1000. The number of aryl methyl sites for hydroxylation is 1. The number of urea groups is 1. The SMILES string of the molecule is Cc1ccc(S(=O)(=O)NC(=O)Nc2ccc(-c3ccccc3)nc2)cc1. The van der Waals surface area contributed by atoms with Gasteiger partial charge in [0.25, 0.3) is 10.0 Å². The lowest BCUT2D eigenvalue weighted by atomic mass is 10.1. The predicted octanol–water partition coefficient (Wildman–Crippen LogP) is 3.57. The average Bonchev–Trinajstić information content (AvgIpc) is 2.63. The minimum absolute atomic E-state index is 0.0239. The normalized spacial score (nSPS) is 11.0. The summed E-state index contributed by atoms with van der Waals surface area (Å²) in [7, 11) is -3.93. The van der Waals surface area contributed by atoms with Crippen molar-refractivity contribution in [3.05, 3.63) is 78.5 Å². The monoisotopic (exact) mass is 367 g/mol. The van der Waals surface area contributed by atoms with E-state index in [4.69, 9.17) is 0 Å². The number of sulfonamides is 1. The summed E-state index contributed by atoms with van der Waals surface area (Å²) >= 11 is 0. The molecule has 2 N–H and O–H groups in total. The first-order valence-corrected chi connectivity index (χ1v) is 9.34. The van der Waals surface area contributed by atoms with E-state index in [1.807, 2.05) is 42.0 Å². The van der Waals surface area contributed by atoms with Gasteiger partial charge in [0.15, 0.2) is 0 Å². The fraction of sp³-hybridized carbons (Fsp3) is 0.0526. The van der Waals surface area contributed by atoms with Crippen molar-refractivity contribution >= 4 is 21.7 Å². The standard InChI is InChI=1S/C19H17N3O3S/c1-14-7-10-17(11-8-14)26(24,25)22-19(23)21-16-9-12-18(20-13-16)15-5-3-2-4-6-15/h2-13H,1H3,(H2,21,22,23). The van der Waals surface area contributed by atoms with Crippen LogP contribution in [0.4, 0.5) is 10.5 Å². The Morgan fingerprint density at radius 3 is 2.23 bits per heavy atom. The summed E-state index contributed by atoms with van der Waals surface area (Å²) in [5.74, 6) is 0. The molecule has 3 rings (SSSR count). The molecule has 1 aromatic heterocycles. The molecule has 7 heteroatoms. The first-order chi connectivity index (χ1) is 12.4. The molecule has 3 aromatic rings. The molecule has 0 unspecified atom stereocenters. The Morgan fingerprint density at radius 2 is 1.62 bits per heavy atom. The number of rotatable bonds is 4. The third-order valence-electron chi connectivity index (χ3n) is 3.65. The maximum atomic E-state index is 12.2. The number of nitrogens with zero attached hydrogens (tertiary/aromatic N) is 1. The summed E-state index contributed by atoms with van der Waals surface area (Å²) in [6, 6.07) is 18.4. The van der Waals surface area contributed by atoms with Crippen molar-refractivity contribution in [1.82, 2.24) is 9.71 Å². The molecule has 2 amide bonds. The number of carbonyl (C=O) groups is 1. The van der Waals surface area contributed by atoms with E-state index in [2.05, 4.69) is 10.3 Å². The molecule has 26 heavy (non-hydrogen) atoms. The van der Waals surface area contributed by atoms with E-state index >= 15 is 0 Å². The topological polar surface area (TPSA) is 88.2 Å². The summed E-state index contributed by atoms with van der Waals surface area (Å²) in [6.07, 6.45) is 1.47. The van der Waals surface area contributed by atoms with Gasteiger partial charge in [-0.15, -0.1) is 0 Å². The second kappa shape index (κ2) is 7.37. The second-order valence-corrected chi connectivity index (χ2v) is 7.35. The lowest BCUT2D eigenvalue weighted by molar-refractivity contribution is 0.256. The third-order valence-corrected chi connectivity index (χ3v) is 5.00. The van der Waals surface area contributed by atoms with E-state index < -0.39 is 16.1 Å². The summed E-state index contributed by atoms with van der Waals surface area (Å²) in [5, 5.41) is 2.47. The van der Waals surface area contributed by atoms with E-state index in [0.717, 1.165) is 16.8 Å². The minimum Gasteiger partial charge on any atom is -0.306 e. The molecular weight excluding hydrogens is 350 g/mol. The zero-order valence-corrected chi connectivity index (χ0v) is 14.8. The Hall–Kier alpha value is -3.19.